The number of nitrogens with one attached hydrogen (secondary N) is 1. The Morgan fingerprint density at radius 2 is 2.05 bits per heavy atom. The van der Waals surface area contributed by atoms with Crippen LogP contribution in [0.25, 0.3) is 0 Å². The van der Waals surface area contributed by atoms with Gasteiger partial charge in [-0.2, -0.15) is 5.26 Å². The zero-order valence-corrected chi connectivity index (χ0v) is 11.9. The maximum absolute atomic E-state index is 13.3. The summed E-state index contributed by atoms with van der Waals surface area (Å²) in [6, 6.07) is 14.1. The highest BCUT2D eigenvalue weighted by atomic mass is 79.9. The number of halogens is 2. The van der Waals surface area contributed by atoms with Gasteiger partial charge in [0.05, 0.1) is 11.6 Å². The van der Waals surface area contributed by atoms with Crippen molar-refractivity contribution in [2.75, 3.05) is 5.32 Å². The third kappa shape index (κ3) is 3.55. The molecule has 0 bridgehead atoms. The zero-order chi connectivity index (χ0) is 13.8. The zero-order valence-electron chi connectivity index (χ0n) is 10.3. The van der Waals surface area contributed by atoms with E-state index >= 15 is 0 Å². The van der Waals surface area contributed by atoms with Gasteiger partial charge in [0.2, 0.25) is 0 Å². The van der Waals surface area contributed by atoms with Crippen LogP contribution < -0.4 is 5.32 Å². The van der Waals surface area contributed by atoms with Crippen LogP contribution in [0.1, 0.15) is 24.1 Å². The largest absolute Gasteiger partial charge is 0.378 e. The highest BCUT2D eigenvalue weighted by molar-refractivity contribution is 9.10. The third-order valence-corrected chi connectivity index (χ3v) is 3.25. The molecule has 0 aliphatic carbocycles. The Hall–Kier alpha value is -1.86. The van der Waals surface area contributed by atoms with Gasteiger partial charge in [0.25, 0.3) is 0 Å². The molecule has 96 valence electrons. The van der Waals surface area contributed by atoms with Gasteiger partial charge in [-0.3, -0.25) is 0 Å². The van der Waals surface area contributed by atoms with E-state index in [1.807, 2.05) is 37.3 Å². The van der Waals surface area contributed by atoms with Crippen LogP contribution in [0, 0.1) is 17.1 Å². The Bertz CT molecular complexity index is 634. The molecule has 4 heteroatoms. The summed E-state index contributed by atoms with van der Waals surface area (Å²) >= 11 is 3.42. The van der Waals surface area contributed by atoms with Gasteiger partial charge in [0, 0.05) is 16.2 Å². The molecule has 1 N–H and O–H groups in total. The predicted molar refractivity (Wildman–Crippen MR) is 77.3 cm³/mol. The van der Waals surface area contributed by atoms with Gasteiger partial charge >= 0.3 is 0 Å². The van der Waals surface area contributed by atoms with E-state index in [2.05, 4.69) is 21.2 Å². The standard InChI is InChI=1S/C15H12BrFN2/c1-10(12-3-2-4-13(16)7-12)19-15-6-11(9-18)5-14(17)8-15/h2-8,10,19H,1H3. The predicted octanol–water partition coefficient (Wildman–Crippen LogP) is 4.63. The van der Waals surface area contributed by atoms with Gasteiger partial charge in [-0.25, -0.2) is 4.39 Å². The SMILES string of the molecule is CC(Nc1cc(F)cc(C#N)c1)c1cccc(Br)c1. The van der Waals surface area contributed by atoms with Gasteiger partial charge in [0.15, 0.2) is 0 Å². The Balaban J connectivity index is 2.21. The molecular weight excluding hydrogens is 307 g/mol. The van der Waals surface area contributed by atoms with E-state index in [1.165, 1.54) is 12.1 Å². The molecule has 0 spiro atoms. The molecule has 0 saturated heterocycles. The van der Waals surface area contributed by atoms with E-state index in [-0.39, 0.29) is 6.04 Å². The summed E-state index contributed by atoms with van der Waals surface area (Å²) in [7, 11) is 0. The number of nitriles is 1. The second-order valence-corrected chi connectivity index (χ2v) is 5.18. The molecule has 2 aromatic rings. The van der Waals surface area contributed by atoms with E-state index in [0.29, 0.717) is 11.3 Å². The van der Waals surface area contributed by atoms with Crippen LogP contribution in [-0.4, -0.2) is 0 Å². The molecule has 1 atom stereocenters. The lowest BCUT2D eigenvalue weighted by molar-refractivity contribution is 0.627. The summed E-state index contributed by atoms with van der Waals surface area (Å²) in [6.45, 7) is 1.98. The number of nitrogens with zero attached hydrogens (tertiary/aromatic N) is 1. The minimum absolute atomic E-state index is 0.0193. The molecule has 2 nitrogen and oxygen atoms in total. The molecule has 0 aliphatic heterocycles. The fourth-order valence-corrected chi connectivity index (χ4v) is 2.26. The van der Waals surface area contributed by atoms with Crippen LogP contribution >= 0.6 is 15.9 Å². The number of benzene rings is 2. The molecule has 1 unspecified atom stereocenters. The summed E-state index contributed by atoms with van der Waals surface area (Å²) in [5, 5.41) is 12.0. The Morgan fingerprint density at radius 1 is 1.26 bits per heavy atom. The second-order valence-electron chi connectivity index (χ2n) is 4.26. The highest BCUT2D eigenvalue weighted by Gasteiger charge is 2.07. The van der Waals surface area contributed by atoms with Crippen molar-refractivity contribution in [1.29, 1.82) is 5.26 Å². The lowest BCUT2D eigenvalue weighted by Crippen LogP contribution is -2.07. The molecular formula is C15H12BrFN2. The first-order chi connectivity index (χ1) is 9.08. The van der Waals surface area contributed by atoms with Gasteiger partial charge in [-0.1, -0.05) is 28.1 Å². The average Bonchev–Trinajstić information content (AvgIpc) is 2.38. The first-order valence-electron chi connectivity index (χ1n) is 5.81. The first kappa shape index (κ1) is 13.6. The van der Waals surface area contributed by atoms with Crippen molar-refractivity contribution in [1.82, 2.24) is 0 Å². The van der Waals surface area contributed by atoms with Crippen LogP contribution in [0.15, 0.2) is 46.9 Å². The quantitative estimate of drug-likeness (QED) is 0.895. The molecule has 0 saturated carbocycles. The first-order valence-corrected chi connectivity index (χ1v) is 6.60. The van der Waals surface area contributed by atoms with Crippen LogP contribution in [-0.2, 0) is 0 Å². The van der Waals surface area contributed by atoms with Crippen molar-refractivity contribution in [2.24, 2.45) is 0 Å². The molecule has 2 rings (SSSR count). The van der Waals surface area contributed by atoms with Crippen molar-refractivity contribution in [3.8, 4) is 6.07 Å². The average molecular weight is 319 g/mol. The van der Waals surface area contributed by atoms with Gasteiger partial charge < -0.3 is 5.32 Å². The van der Waals surface area contributed by atoms with Crippen molar-refractivity contribution in [3.05, 3.63) is 63.9 Å². The molecule has 0 radical (unpaired) electrons. The fourth-order valence-electron chi connectivity index (χ4n) is 1.85. The van der Waals surface area contributed by atoms with Crippen LogP contribution in [0.3, 0.4) is 0 Å². The normalized spacial score (nSPS) is 11.7. The molecule has 0 fully saturated rings. The molecule has 0 aromatic heterocycles. The van der Waals surface area contributed by atoms with E-state index < -0.39 is 5.82 Å². The van der Waals surface area contributed by atoms with Gasteiger partial charge in [0.1, 0.15) is 5.82 Å². The molecule has 0 heterocycles. The second kappa shape index (κ2) is 5.85. The Kier molecular flexibility index (Phi) is 4.18. The van der Waals surface area contributed by atoms with E-state index in [0.717, 1.165) is 10.0 Å². The lowest BCUT2D eigenvalue weighted by Gasteiger charge is -2.16. The fraction of sp³-hybridized carbons (Fsp3) is 0.133. The van der Waals surface area contributed by atoms with Crippen LogP contribution in [0.4, 0.5) is 10.1 Å². The Morgan fingerprint density at radius 3 is 2.74 bits per heavy atom. The summed E-state index contributed by atoms with van der Waals surface area (Å²) < 4.78 is 14.3. The molecule has 0 aliphatic rings. The third-order valence-electron chi connectivity index (χ3n) is 2.76. The number of anilines is 1. The monoisotopic (exact) mass is 318 g/mol. The van der Waals surface area contributed by atoms with Crippen molar-refractivity contribution >= 4 is 21.6 Å². The number of rotatable bonds is 3. The highest BCUT2D eigenvalue weighted by Crippen LogP contribution is 2.23. The van der Waals surface area contributed by atoms with Crippen molar-refractivity contribution in [2.45, 2.75) is 13.0 Å². The maximum Gasteiger partial charge on any atom is 0.126 e. The number of hydrogen-bond donors (Lipinski definition) is 1. The van der Waals surface area contributed by atoms with Crippen molar-refractivity contribution < 1.29 is 4.39 Å². The van der Waals surface area contributed by atoms with Crippen LogP contribution in [0.2, 0.25) is 0 Å². The smallest absolute Gasteiger partial charge is 0.126 e. The Labute approximate surface area is 120 Å². The summed E-state index contributed by atoms with van der Waals surface area (Å²) in [5.41, 5.74) is 1.99. The topological polar surface area (TPSA) is 35.8 Å². The summed E-state index contributed by atoms with van der Waals surface area (Å²) in [4.78, 5) is 0. The van der Waals surface area contributed by atoms with E-state index in [4.69, 9.17) is 5.26 Å². The van der Waals surface area contributed by atoms with Gasteiger partial charge in [-0.15, -0.1) is 0 Å². The molecule has 0 amide bonds. The minimum atomic E-state index is -0.414. The molecule has 19 heavy (non-hydrogen) atoms. The molecule has 2 aromatic carbocycles. The summed E-state index contributed by atoms with van der Waals surface area (Å²) in [6.07, 6.45) is 0. The van der Waals surface area contributed by atoms with Crippen molar-refractivity contribution in [3.63, 3.8) is 0 Å². The lowest BCUT2D eigenvalue weighted by atomic mass is 10.1. The minimum Gasteiger partial charge on any atom is -0.378 e. The van der Waals surface area contributed by atoms with Crippen LogP contribution in [0.5, 0.6) is 0 Å². The number of hydrogen-bond acceptors (Lipinski definition) is 2. The van der Waals surface area contributed by atoms with E-state index in [1.54, 1.807) is 6.07 Å². The summed E-state index contributed by atoms with van der Waals surface area (Å²) in [5.74, 6) is -0.414. The maximum atomic E-state index is 13.3. The van der Waals surface area contributed by atoms with E-state index in [9.17, 15) is 4.39 Å². The van der Waals surface area contributed by atoms with Gasteiger partial charge in [-0.05, 0) is 42.8 Å².